The highest BCUT2D eigenvalue weighted by molar-refractivity contribution is 5.83. The largest absolute Gasteiger partial charge is 0.355 e. The molecule has 126 valence electrons. The standard InChI is InChI=1S/C19H28N2O2/c22-17-6-15(11-21(17)16-1-2-16)10-20-18(23)19-7-12-3-13(8-19)5-14(4-12)9-19/h12-16H,1-11H2,(H,20,23). The minimum absolute atomic E-state index is 0.0481. The SMILES string of the molecule is O=C1CC(CNC(=O)C23CC4CC(CC(C4)C2)C3)CN1C1CC1. The second-order valence-electron chi connectivity index (χ2n) is 9.26. The Bertz CT molecular complexity index is 504. The maximum Gasteiger partial charge on any atom is 0.226 e. The van der Waals surface area contributed by atoms with E-state index < -0.39 is 0 Å². The summed E-state index contributed by atoms with van der Waals surface area (Å²) < 4.78 is 0. The van der Waals surface area contributed by atoms with Crippen molar-refractivity contribution in [3.05, 3.63) is 0 Å². The summed E-state index contributed by atoms with van der Waals surface area (Å²) in [5.41, 5.74) is -0.0481. The fourth-order valence-corrected chi connectivity index (χ4v) is 6.50. The number of hydrogen-bond acceptors (Lipinski definition) is 2. The fraction of sp³-hybridized carbons (Fsp3) is 0.895. The third kappa shape index (κ3) is 2.40. The Balaban J connectivity index is 1.20. The van der Waals surface area contributed by atoms with Crippen molar-refractivity contribution in [1.82, 2.24) is 10.2 Å². The van der Waals surface area contributed by atoms with Crippen molar-refractivity contribution < 1.29 is 9.59 Å². The first-order valence-corrected chi connectivity index (χ1v) is 9.69. The van der Waals surface area contributed by atoms with Crippen molar-refractivity contribution in [2.75, 3.05) is 13.1 Å². The molecule has 1 N–H and O–H groups in total. The highest BCUT2D eigenvalue weighted by atomic mass is 16.2. The number of likely N-dealkylation sites (tertiary alicyclic amines) is 1. The predicted molar refractivity (Wildman–Crippen MR) is 86.5 cm³/mol. The highest BCUT2D eigenvalue weighted by Crippen LogP contribution is 2.60. The van der Waals surface area contributed by atoms with Gasteiger partial charge in [0, 0.05) is 36.9 Å². The topological polar surface area (TPSA) is 49.4 Å². The summed E-state index contributed by atoms with van der Waals surface area (Å²) in [6.45, 7) is 1.57. The lowest BCUT2D eigenvalue weighted by atomic mass is 9.49. The summed E-state index contributed by atoms with van der Waals surface area (Å²) in [6, 6.07) is 0.520. The van der Waals surface area contributed by atoms with Crippen LogP contribution in [0, 0.1) is 29.1 Å². The van der Waals surface area contributed by atoms with Crippen LogP contribution >= 0.6 is 0 Å². The Morgan fingerprint density at radius 3 is 2.26 bits per heavy atom. The van der Waals surface area contributed by atoms with E-state index in [2.05, 4.69) is 10.2 Å². The van der Waals surface area contributed by atoms with Crippen LogP contribution in [0.15, 0.2) is 0 Å². The van der Waals surface area contributed by atoms with Gasteiger partial charge >= 0.3 is 0 Å². The first kappa shape index (κ1) is 14.3. The summed E-state index contributed by atoms with van der Waals surface area (Å²) in [5, 5.41) is 3.26. The normalized spacial score (nSPS) is 44.9. The number of amides is 2. The molecule has 4 bridgehead atoms. The van der Waals surface area contributed by atoms with Gasteiger partial charge in [-0.15, -0.1) is 0 Å². The van der Waals surface area contributed by atoms with Crippen LogP contribution in [0.3, 0.4) is 0 Å². The molecule has 0 aromatic heterocycles. The second kappa shape index (κ2) is 4.97. The van der Waals surface area contributed by atoms with E-state index in [1.807, 2.05) is 0 Å². The predicted octanol–water partition coefficient (Wildman–Crippen LogP) is 2.33. The number of nitrogens with zero attached hydrogens (tertiary/aromatic N) is 1. The van der Waals surface area contributed by atoms with E-state index in [-0.39, 0.29) is 5.41 Å². The molecule has 1 unspecified atom stereocenters. The highest BCUT2D eigenvalue weighted by Gasteiger charge is 2.54. The van der Waals surface area contributed by atoms with Crippen molar-refractivity contribution >= 4 is 11.8 Å². The van der Waals surface area contributed by atoms with Gasteiger partial charge in [-0.05, 0) is 69.1 Å². The molecule has 4 nitrogen and oxygen atoms in total. The van der Waals surface area contributed by atoms with Gasteiger partial charge in [0.15, 0.2) is 0 Å². The van der Waals surface area contributed by atoms with E-state index in [1.54, 1.807) is 0 Å². The number of nitrogens with one attached hydrogen (secondary N) is 1. The second-order valence-corrected chi connectivity index (χ2v) is 9.26. The van der Waals surface area contributed by atoms with Gasteiger partial charge in [0.05, 0.1) is 0 Å². The van der Waals surface area contributed by atoms with Crippen molar-refractivity contribution in [3.63, 3.8) is 0 Å². The van der Waals surface area contributed by atoms with Gasteiger partial charge in [-0.2, -0.15) is 0 Å². The summed E-state index contributed by atoms with van der Waals surface area (Å²) in [7, 11) is 0. The van der Waals surface area contributed by atoms with Crippen molar-refractivity contribution in [1.29, 1.82) is 0 Å². The number of rotatable bonds is 4. The quantitative estimate of drug-likeness (QED) is 0.865. The molecule has 5 saturated carbocycles. The molecule has 0 aromatic carbocycles. The molecule has 6 rings (SSSR count). The van der Waals surface area contributed by atoms with E-state index in [9.17, 15) is 9.59 Å². The zero-order valence-electron chi connectivity index (χ0n) is 13.9. The molecule has 2 amide bonds. The molecule has 1 heterocycles. The van der Waals surface area contributed by atoms with Crippen LogP contribution in [-0.4, -0.2) is 35.8 Å². The fourth-order valence-electron chi connectivity index (χ4n) is 6.50. The lowest BCUT2D eigenvalue weighted by molar-refractivity contribution is -0.146. The van der Waals surface area contributed by atoms with Crippen LogP contribution in [0.4, 0.5) is 0 Å². The van der Waals surface area contributed by atoms with Crippen LogP contribution in [0.5, 0.6) is 0 Å². The summed E-state index contributed by atoms with van der Waals surface area (Å²) in [5.74, 6) is 3.39. The monoisotopic (exact) mass is 316 g/mol. The van der Waals surface area contributed by atoms with E-state index in [0.29, 0.717) is 36.7 Å². The summed E-state index contributed by atoms with van der Waals surface area (Å²) in [6.07, 6.45) is 10.5. The smallest absolute Gasteiger partial charge is 0.226 e. The Labute approximate surface area is 138 Å². The third-order valence-corrected chi connectivity index (χ3v) is 7.30. The van der Waals surface area contributed by atoms with E-state index in [4.69, 9.17) is 0 Å². The maximum absolute atomic E-state index is 13.0. The lowest BCUT2D eigenvalue weighted by Gasteiger charge is -2.55. The number of carbonyl (C=O) groups excluding carboxylic acids is 2. The molecule has 1 atom stereocenters. The Kier molecular flexibility index (Phi) is 3.09. The third-order valence-electron chi connectivity index (χ3n) is 7.30. The van der Waals surface area contributed by atoms with Crippen LogP contribution in [0.2, 0.25) is 0 Å². The average Bonchev–Trinajstić information content (AvgIpc) is 3.27. The molecule has 5 aliphatic carbocycles. The van der Waals surface area contributed by atoms with E-state index >= 15 is 0 Å². The van der Waals surface area contributed by atoms with Crippen molar-refractivity contribution in [2.45, 2.75) is 63.8 Å². The van der Waals surface area contributed by atoms with Gasteiger partial charge in [0.1, 0.15) is 0 Å². The van der Waals surface area contributed by atoms with Gasteiger partial charge < -0.3 is 10.2 Å². The lowest BCUT2D eigenvalue weighted by Crippen LogP contribution is -2.54. The van der Waals surface area contributed by atoms with E-state index in [0.717, 1.165) is 43.6 Å². The van der Waals surface area contributed by atoms with Crippen LogP contribution < -0.4 is 5.32 Å². The Morgan fingerprint density at radius 2 is 1.70 bits per heavy atom. The molecular formula is C19H28N2O2. The van der Waals surface area contributed by atoms with Crippen molar-refractivity contribution in [3.8, 4) is 0 Å². The van der Waals surface area contributed by atoms with Gasteiger partial charge in [0.25, 0.3) is 0 Å². The van der Waals surface area contributed by atoms with Crippen LogP contribution in [-0.2, 0) is 9.59 Å². The Morgan fingerprint density at radius 1 is 1.09 bits per heavy atom. The molecule has 0 aromatic rings. The van der Waals surface area contributed by atoms with Crippen molar-refractivity contribution in [2.24, 2.45) is 29.1 Å². The number of carbonyl (C=O) groups is 2. The van der Waals surface area contributed by atoms with Gasteiger partial charge in [-0.25, -0.2) is 0 Å². The molecule has 6 fully saturated rings. The van der Waals surface area contributed by atoms with Gasteiger partial charge in [-0.3, -0.25) is 9.59 Å². The van der Waals surface area contributed by atoms with E-state index in [1.165, 1.54) is 32.1 Å². The molecule has 6 aliphatic rings. The molecule has 1 aliphatic heterocycles. The minimum Gasteiger partial charge on any atom is -0.355 e. The molecule has 4 heteroatoms. The minimum atomic E-state index is -0.0481. The maximum atomic E-state index is 13.0. The zero-order valence-corrected chi connectivity index (χ0v) is 13.9. The van der Waals surface area contributed by atoms with Crippen LogP contribution in [0.1, 0.15) is 57.8 Å². The van der Waals surface area contributed by atoms with Crippen LogP contribution in [0.25, 0.3) is 0 Å². The molecule has 23 heavy (non-hydrogen) atoms. The molecule has 1 saturated heterocycles. The summed E-state index contributed by atoms with van der Waals surface area (Å²) in [4.78, 5) is 27.1. The molecule has 0 spiro atoms. The summed E-state index contributed by atoms with van der Waals surface area (Å²) >= 11 is 0. The first-order valence-electron chi connectivity index (χ1n) is 9.69. The first-order chi connectivity index (χ1) is 11.1. The average molecular weight is 316 g/mol. The molecular weight excluding hydrogens is 288 g/mol. The Hall–Kier alpha value is -1.06. The van der Waals surface area contributed by atoms with Gasteiger partial charge in [-0.1, -0.05) is 0 Å². The number of hydrogen-bond donors (Lipinski definition) is 1. The van der Waals surface area contributed by atoms with Gasteiger partial charge in [0.2, 0.25) is 11.8 Å². The molecule has 0 radical (unpaired) electrons. The zero-order chi connectivity index (χ0) is 15.6.